The van der Waals surface area contributed by atoms with Gasteiger partial charge in [-0.15, -0.1) is 0 Å². The monoisotopic (exact) mass is 448 g/mol. The van der Waals surface area contributed by atoms with Crippen molar-refractivity contribution in [3.63, 3.8) is 0 Å². The molecular formula is C25H32N6O2. The van der Waals surface area contributed by atoms with Gasteiger partial charge in [-0.05, 0) is 50.4 Å². The number of amides is 1. The highest BCUT2D eigenvalue weighted by molar-refractivity contribution is 5.87. The standard InChI is InChI=1S/C25H32N6O2/c1-33-22-9-3-2-7-18(22)15-26-24-20-10-11-21(27-25(20)29-28-24)19-8-6-12-30(16-19)17-23(32)31-13-4-5-14-31/h2-3,7,9-11,19H,4-6,8,12-17H2,1H3,(H2,26,27,28,29)/t19-/m1/s1. The van der Waals surface area contributed by atoms with Crippen molar-refractivity contribution < 1.29 is 9.53 Å². The lowest BCUT2D eigenvalue weighted by molar-refractivity contribution is -0.131. The summed E-state index contributed by atoms with van der Waals surface area (Å²) in [4.78, 5) is 21.8. The molecule has 1 atom stereocenters. The van der Waals surface area contributed by atoms with E-state index in [1.807, 2.05) is 29.2 Å². The number of nitrogens with one attached hydrogen (secondary N) is 2. The number of hydrogen-bond acceptors (Lipinski definition) is 6. The van der Waals surface area contributed by atoms with Gasteiger partial charge in [-0.2, -0.15) is 5.10 Å². The molecule has 0 unspecified atom stereocenters. The highest BCUT2D eigenvalue weighted by Crippen LogP contribution is 2.29. The molecule has 2 N–H and O–H groups in total. The Balaban J connectivity index is 1.24. The number of H-pyrrole nitrogens is 1. The predicted octanol–water partition coefficient (Wildman–Crippen LogP) is 3.38. The third-order valence-corrected chi connectivity index (χ3v) is 6.83. The maximum absolute atomic E-state index is 12.6. The molecule has 0 saturated carbocycles. The molecule has 2 fully saturated rings. The first-order chi connectivity index (χ1) is 16.2. The van der Waals surface area contributed by atoms with E-state index in [2.05, 4.69) is 32.5 Å². The number of hydrogen-bond donors (Lipinski definition) is 2. The molecule has 0 spiro atoms. The number of nitrogens with zero attached hydrogens (tertiary/aromatic N) is 4. The SMILES string of the molecule is COc1ccccc1CNc1n[nH]c2nc([C@@H]3CCCN(CC(=O)N4CCCC4)C3)ccc12. The molecule has 2 aliphatic rings. The molecule has 2 aromatic heterocycles. The number of aromatic nitrogens is 3. The maximum atomic E-state index is 12.6. The minimum Gasteiger partial charge on any atom is -0.496 e. The lowest BCUT2D eigenvalue weighted by Crippen LogP contribution is -2.43. The third-order valence-electron chi connectivity index (χ3n) is 6.83. The van der Waals surface area contributed by atoms with E-state index < -0.39 is 0 Å². The molecule has 1 aromatic carbocycles. The summed E-state index contributed by atoms with van der Waals surface area (Å²) in [6.07, 6.45) is 4.46. The van der Waals surface area contributed by atoms with Crippen LogP contribution in [0.3, 0.4) is 0 Å². The van der Waals surface area contributed by atoms with Gasteiger partial charge in [-0.25, -0.2) is 4.98 Å². The highest BCUT2D eigenvalue weighted by Gasteiger charge is 2.26. The van der Waals surface area contributed by atoms with Gasteiger partial charge in [0.15, 0.2) is 11.5 Å². The van der Waals surface area contributed by atoms with Crippen LogP contribution < -0.4 is 10.1 Å². The Bertz CT molecular complexity index is 1110. The largest absolute Gasteiger partial charge is 0.496 e. The molecule has 1 amide bonds. The number of carbonyl (C=O) groups excluding carboxylic acids is 1. The normalized spacial score (nSPS) is 19.2. The summed E-state index contributed by atoms with van der Waals surface area (Å²) in [6, 6.07) is 12.2. The molecule has 174 valence electrons. The van der Waals surface area contributed by atoms with Crippen LogP contribution in [-0.4, -0.2) is 70.7 Å². The molecule has 0 radical (unpaired) electrons. The van der Waals surface area contributed by atoms with Crippen LogP contribution in [0.25, 0.3) is 11.0 Å². The van der Waals surface area contributed by atoms with Crippen molar-refractivity contribution in [2.45, 2.75) is 38.1 Å². The fraction of sp³-hybridized carbons (Fsp3) is 0.480. The second kappa shape index (κ2) is 9.79. The Kier molecular flexibility index (Phi) is 6.44. The second-order valence-corrected chi connectivity index (χ2v) is 9.03. The molecule has 8 heteroatoms. The van der Waals surface area contributed by atoms with Gasteiger partial charge in [-0.1, -0.05) is 18.2 Å². The average molecular weight is 449 g/mol. The van der Waals surface area contributed by atoms with Crippen molar-refractivity contribution in [1.82, 2.24) is 25.0 Å². The van der Waals surface area contributed by atoms with Crippen molar-refractivity contribution in [2.75, 3.05) is 45.2 Å². The summed E-state index contributed by atoms with van der Waals surface area (Å²) >= 11 is 0. The van der Waals surface area contributed by atoms with Crippen LogP contribution in [0.5, 0.6) is 5.75 Å². The third kappa shape index (κ3) is 4.80. The number of likely N-dealkylation sites (tertiary alicyclic amines) is 2. The number of para-hydroxylation sites is 1. The Hall–Kier alpha value is -3.13. The molecule has 33 heavy (non-hydrogen) atoms. The minimum absolute atomic E-state index is 0.274. The number of carbonyl (C=O) groups is 1. The number of piperidine rings is 1. The van der Waals surface area contributed by atoms with Gasteiger partial charge in [0, 0.05) is 43.4 Å². The van der Waals surface area contributed by atoms with E-state index in [9.17, 15) is 4.79 Å². The van der Waals surface area contributed by atoms with Gasteiger partial charge >= 0.3 is 0 Å². The smallest absolute Gasteiger partial charge is 0.236 e. The van der Waals surface area contributed by atoms with E-state index in [0.717, 1.165) is 85.7 Å². The van der Waals surface area contributed by atoms with E-state index >= 15 is 0 Å². The summed E-state index contributed by atoms with van der Waals surface area (Å²) in [5.41, 5.74) is 2.94. The minimum atomic E-state index is 0.274. The first-order valence-corrected chi connectivity index (χ1v) is 11.9. The van der Waals surface area contributed by atoms with Crippen LogP contribution in [0.4, 0.5) is 5.82 Å². The van der Waals surface area contributed by atoms with Crippen LogP contribution in [0.1, 0.15) is 42.9 Å². The molecule has 0 aliphatic carbocycles. The fourth-order valence-electron chi connectivity index (χ4n) is 5.01. The Morgan fingerprint density at radius 3 is 2.85 bits per heavy atom. The molecule has 4 heterocycles. The van der Waals surface area contributed by atoms with Crippen molar-refractivity contribution in [3.8, 4) is 5.75 Å². The molecule has 2 saturated heterocycles. The van der Waals surface area contributed by atoms with Crippen LogP contribution in [0.15, 0.2) is 36.4 Å². The summed E-state index contributed by atoms with van der Waals surface area (Å²) in [6.45, 7) is 4.85. The Morgan fingerprint density at radius 2 is 2.00 bits per heavy atom. The topological polar surface area (TPSA) is 86.4 Å². The number of methoxy groups -OCH3 is 1. The van der Waals surface area contributed by atoms with Gasteiger partial charge in [0.2, 0.25) is 5.91 Å². The van der Waals surface area contributed by atoms with Gasteiger partial charge in [0.05, 0.1) is 19.0 Å². The fourth-order valence-corrected chi connectivity index (χ4v) is 5.01. The zero-order chi connectivity index (χ0) is 22.6. The summed E-state index contributed by atoms with van der Waals surface area (Å²) < 4.78 is 5.44. The molecule has 0 bridgehead atoms. The van der Waals surface area contributed by atoms with Crippen molar-refractivity contribution >= 4 is 22.8 Å². The first-order valence-electron chi connectivity index (χ1n) is 11.9. The van der Waals surface area contributed by atoms with Gasteiger partial charge in [0.1, 0.15) is 5.75 Å². The molecule has 2 aliphatic heterocycles. The van der Waals surface area contributed by atoms with Gasteiger partial charge in [0.25, 0.3) is 0 Å². The quantitative estimate of drug-likeness (QED) is 0.576. The van der Waals surface area contributed by atoms with E-state index in [1.165, 1.54) is 0 Å². The Labute approximate surface area is 194 Å². The average Bonchev–Trinajstić information content (AvgIpc) is 3.53. The number of anilines is 1. The molecule has 8 nitrogen and oxygen atoms in total. The molecule has 3 aromatic rings. The first kappa shape index (κ1) is 21.7. The zero-order valence-corrected chi connectivity index (χ0v) is 19.2. The van der Waals surface area contributed by atoms with Crippen molar-refractivity contribution in [2.24, 2.45) is 0 Å². The number of ether oxygens (including phenoxy) is 1. The van der Waals surface area contributed by atoms with Crippen LogP contribution >= 0.6 is 0 Å². The van der Waals surface area contributed by atoms with Crippen molar-refractivity contribution in [3.05, 3.63) is 47.7 Å². The van der Waals surface area contributed by atoms with Gasteiger partial charge < -0.3 is 15.0 Å². The lowest BCUT2D eigenvalue weighted by atomic mass is 9.94. The van der Waals surface area contributed by atoms with E-state index in [4.69, 9.17) is 9.72 Å². The van der Waals surface area contributed by atoms with Gasteiger partial charge in [-0.3, -0.25) is 14.8 Å². The number of pyridine rings is 1. The number of aromatic amines is 1. The summed E-state index contributed by atoms with van der Waals surface area (Å²) in [5.74, 6) is 2.26. The molecule has 5 rings (SSSR count). The highest BCUT2D eigenvalue weighted by atomic mass is 16.5. The van der Waals surface area contributed by atoms with E-state index in [-0.39, 0.29) is 5.91 Å². The number of rotatable bonds is 7. The zero-order valence-electron chi connectivity index (χ0n) is 19.2. The van der Waals surface area contributed by atoms with E-state index in [0.29, 0.717) is 19.0 Å². The lowest BCUT2D eigenvalue weighted by Gasteiger charge is -2.33. The summed E-state index contributed by atoms with van der Waals surface area (Å²) in [5, 5.41) is 11.9. The van der Waals surface area contributed by atoms with Crippen molar-refractivity contribution in [1.29, 1.82) is 0 Å². The van der Waals surface area contributed by atoms with Crippen LogP contribution in [-0.2, 0) is 11.3 Å². The molecular weight excluding hydrogens is 416 g/mol. The maximum Gasteiger partial charge on any atom is 0.236 e. The second-order valence-electron chi connectivity index (χ2n) is 9.03. The Morgan fingerprint density at radius 1 is 1.15 bits per heavy atom. The van der Waals surface area contributed by atoms with E-state index in [1.54, 1.807) is 7.11 Å². The van der Waals surface area contributed by atoms with Crippen LogP contribution in [0, 0.1) is 0 Å². The number of fused-ring (bicyclic) bond motifs is 1. The predicted molar refractivity (Wildman–Crippen MR) is 128 cm³/mol. The van der Waals surface area contributed by atoms with Crippen LogP contribution in [0.2, 0.25) is 0 Å². The number of benzene rings is 1. The summed E-state index contributed by atoms with van der Waals surface area (Å²) in [7, 11) is 1.68.